The van der Waals surface area contributed by atoms with Crippen molar-refractivity contribution in [1.29, 1.82) is 0 Å². The molecule has 10 heteroatoms. The summed E-state index contributed by atoms with van der Waals surface area (Å²) in [5, 5.41) is 12.2. The number of para-hydroxylation sites is 1. The Labute approximate surface area is 185 Å². The van der Waals surface area contributed by atoms with Gasteiger partial charge < -0.3 is 9.32 Å². The van der Waals surface area contributed by atoms with Gasteiger partial charge in [0.25, 0.3) is 5.69 Å². The van der Waals surface area contributed by atoms with Gasteiger partial charge in [-0.3, -0.25) is 10.1 Å². The van der Waals surface area contributed by atoms with Crippen LogP contribution in [-0.2, 0) is 16.6 Å². The number of nitro groups is 1. The first-order valence-electron chi connectivity index (χ1n) is 10.3. The Bertz CT molecular complexity index is 1360. The summed E-state index contributed by atoms with van der Waals surface area (Å²) in [7, 11) is -3.97. The minimum atomic E-state index is -3.97. The first-order chi connectivity index (χ1) is 15.2. The predicted octanol–water partition coefficient (Wildman–Crippen LogP) is 1.41. The van der Waals surface area contributed by atoms with Crippen LogP contribution in [0, 0.1) is 24.0 Å². The van der Waals surface area contributed by atoms with Crippen molar-refractivity contribution in [2.45, 2.75) is 25.3 Å². The van der Waals surface area contributed by atoms with E-state index in [4.69, 9.17) is 4.42 Å². The molecule has 0 saturated carbocycles. The summed E-state index contributed by atoms with van der Waals surface area (Å²) in [5.74, 6) is 0. The zero-order chi connectivity index (χ0) is 23.0. The van der Waals surface area contributed by atoms with E-state index in [9.17, 15) is 23.3 Å². The molecule has 3 aromatic rings. The van der Waals surface area contributed by atoms with Crippen molar-refractivity contribution in [3.8, 4) is 0 Å². The molecule has 1 N–H and O–H groups in total. The fraction of sp³-hybridized carbons (Fsp3) is 0.318. The molecule has 168 valence electrons. The number of hydrogen-bond donors (Lipinski definition) is 1. The van der Waals surface area contributed by atoms with Crippen molar-refractivity contribution in [3.63, 3.8) is 0 Å². The van der Waals surface area contributed by atoms with Crippen LogP contribution in [0.5, 0.6) is 0 Å². The number of hydrogen-bond acceptors (Lipinski definition) is 6. The van der Waals surface area contributed by atoms with Gasteiger partial charge in [-0.25, -0.2) is 13.2 Å². The number of nitrogens with one attached hydrogen (secondary N) is 1. The van der Waals surface area contributed by atoms with Crippen LogP contribution in [0.3, 0.4) is 0 Å². The molecule has 1 aromatic heterocycles. The smallest absolute Gasteiger partial charge is 0.336 e. The van der Waals surface area contributed by atoms with Gasteiger partial charge in [0.1, 0.15) is 12.1 Å². The highest BCUT2D eigenvalue weighted by molar-refractivity contribution is 7.89. The Hall–Kier alpha value is -3.08. The number of benzene rings is 2. The molecule has 0 radical (unpaired) electrons. The van der Waals surface area contributed by atoms with Crippen LogP contribution in [0.15, 0.2) is 56.6 Å². The van der Waals surface area contributed by atoms with Gasteiger partial charge in [0.2, 0.25) is 10.0 Å². The van der Waals surface area contributed by atoms with E-state index >= 15 is 0 Å². The molecular formula is C22H24N3O6S+. The molecule has 1 saturated heterocycles. The summed E-state index contributed by atoms with van der Waals surface area (Å²) >= 11 is 0. The van der Waals surface area contributed by atoms with Gasteiger partial charge in [0.15, 0.2) is 4.90 Å². The minimum absolute atomic E-state index is 0.237. The molecule has 9 nitrogen and oxygen atoms in total. The molecule has 0 atom stereocenters. The average molecular weight is 459 g/mol. The highest BCUT2D eigenvalue weighted by Crippen LogP contribution is 2.26. The molecule has 1 aliphatic heterocycles. The molecular weight excluding hydrogens is 434 g/mol. The molecule has 1 fully saturated rings. The van der Waals surface area contributed by atoms with E-state index in [1.807, 2.05) is 26.0 Å². The lowest BCUT2D eigenvalue weighted by Crippen LogP contribution is -3.13. The van der Waals surface area contributed by atoms with Gasteiger partial charge in [0, 0.05) is 23.1 Å². The third-order valence-corrected chi connectivity index (χ3v) is 7.94. The van der Waals surface area contributed by atoms with Gasteiger partial charge in [0.05, 0.1) is 31.1 Å². The normalized spacial score (nSPS) is 15.8. The summed E-state index contributed by atoms with van der Waals surface area (Å²) in [6.45, 7) is 6.04. The molecule has 32 heavy (non-hydrogen) atoms. The monoisotopic (exact) mass is 458 g/mol. The first-order valence-corrected chi connectivity index (χ1v) is 11.7. The van der Waals surface area contributed by atoms with E-state index in [1.54, 1.807) is 0 Å². The summed E-state index contributed by atoms with van der Waals surface area (Å²) in [6, 6.07) is 10.8. The van der Waals surface area contributed by atoms with Crippen molar-refractivity contribution >= 4 is 26.7 Å². The van der Waals surface area contributed by atoms with E-state index in [0.717, 1.165) is 27.0 Å². The number of quaternary nitrogens is 1. The second kappa shape index (κ2) is 8.45. The molecule has 2 heterocycles. The first kappa shape index (κ1) is 22.1. The summed E-state index contributed by atoms with van der Waals surface area (Å²) in [4.78, 5) is 23.5. The summed E-state index contributed by atoms with van der Waals surface area (Å²) in [6.07, 6.45) is 0. The second-order valence-electron chi connectivity index (χ2n) is 8.08. The molecule has 0 amide bonds. The van der Waals surface area contributed by atoms with E-state index in [1.165, 1.54) is 34.6 Å². The Kier molecular flexibility index (Phi) is 5.85. The standard InChI is InChI=1S/C22H23N3O6S/c1-15-11-18-17(13-22(26)31-20(18)12-16(15)2)14-23-7-9-24(10-8-23)32(29,30)21-6-4-3-5-19(21)25(27)28/h3-6,11-13H,7-10,14H2,1-2H3/p+1. The number of aryl methyl sites for hydroxylation is 2. The Morgan fingerprint density at radius 1 is 1.09 bits per heavy atom. The van der Waals surface area contributed by atoms with Crippen molar-refractivity contribution in [1.82, 2.24) is 4.31 Å². The van der Waals surface area contributed by atoms with Gasteiger partial charge in [-0.15, -0.1) is 0 Å². The SMILES string of the molecule is Cc1cc2oc(=O)cc(C[NH+]3CCN(S(=O)(=O)c4ccccc4[N+](=O)[O-])CC3)c2cc1C. The molecule has 0 bridgehead atoms. The number of sulfonamides is 1. The zero-order valence-corrected chi connectivity index (χ0v) is 18.6. The fourth-order valence-electron chi connectivity index (χ4n) is 4.08. The van der Waals surface area contributed by atoms with Gasteiger partial charge >= 0.3 is 5.63 Å². The fourth-order valence-corrected chi connectivity index (χ4v) is 5.68. The van der Waals surface area contributed by atoms with Crippen LogP contribution in [0.1, 0.15) is 16.7 Å². The second-order valence-corrected chi connectivity index (χ2v) is 9.99. The largest absolute Gasteiger partial charge is 0.423 e. The van der Waals surface area contributed by atoms with E-state index in [-0.39, 0.29) is 18.0 Å². The number of nitrogens with zero attached hydrogens (tertiary/aromatic N) is 2. The van der Waals surface area contributed by atoms with Crippen LogP contribution < -0.4 is 10.5 Å². The lowest BCUT2D eigenvalue weighted by Gasteiger charge is -2.31. The van der Waals surface area contributed by atoms with Crippen molar-refractivity contribution < 1.29 is 22.7 Å². The molecule has 4 rings (SSSR count). The maximum absolute atomic E-state index is 13.0. The maximum Gasteiger partial charge on any atom is 0.336 e. The minimum Gasteiger partial charge on any atom is -0.423 e. The lowest BCUT2D eigenvalue weighted by atomic mass is 10.0. The van der Waals surface area contributed by atoms with Crippen molar-refractivity contribution in [2.24, 2.45) is 0 Å². The van der Waals surface area contributed by atoms with Crippen LogP contribution in [0.25, 0.3) is 11.0 Å². The third-order valence-electron chi connectivity index (χ3n) is 5.99. The lowest BCUT2D eigenvalue weighted by molar-refractivity contribution is -0.917. The van der Waals surface area contributed by atoms with Crippen LogP contribution in [0.4, 0.5) is 5.69 Å². The average Bonchev–Trinajstić information content (AvgIpc) is 2.75. The molecule has 2 aromatic carbocycles. The van der Waals surface area contributed by atoms with Crippen LogP contribution in [0.2, 0.25) is 0 Å². The molecule has 0 aliphatic carbocycles. The van der Waals surface area contributed by atoms with E-state index in [2.05, 4.69) is 0 Å². The highest BCUT2D eigenvalue weighted by atomic mass is 32.2. The van der Waals surface area contributed by atoms with Gasteiger partial charge in [-0.1, -0.05) is 12.1 Å². The third kappa shape index (κ3) is 4.16. The summed E-state index contributed by atoms with van der Waals surface area (Å²) < 4.78 is 32.7. The Balaban J connectivity index is 1.54. The predicted molar refractivity (Wildman–Crippen MR) is 118 cm³/mol. The number of piperazine rings is 1. The van der Waals surface area contributed by atoms with E-state index < -0.39 is 26.3 Å². The maximum atomic E-state index is 13.0. The van der Waals surface area contributed by atoms with Gasteiger partial charge in [-0.2, -0.15) is 4.31 Å². The number of rotatable bonds is 5. The van der Waals surface area contributed by atoms with Crippen molar-refractivity contribution in [3.05, 3.63) is 79.7 Å². The zero-order valence-electron chi connectivity index (χ0n) is 17.8. The molecule has 0 unspecified atom stereocenters. The van der Waals surface area contributed by atoms with Crippen LogP contribution >= 0.6 is 0 Å². The highest BCUT2D eigenvalue weighted by Gasteiger charge is 2.34. The Morgan fingerprint density at radius 3 is 2.44 bits per heavy atom. The Morgan fingerprint density at radius 2 is 1.75 bits per heavy atom. The quantitative estimate of drug-likeness (QED) is 0.351. The number of fused-ring (bicyclic) bond motifs is 1. The van der Waals surface area contributed by atoms with E-state index in [0.29, 0.717) is 25.2 Å². The molecule has 0 spiro atoms. The van der Waals surface area contributed by atoms with Crippen molar-refractivity contribution in [2.75, 3.05) is 26.2 Å². The topological polar surface area (TPSA) is 115 Å². The van der Waals surface area contributed by atoms with Gasteiger partial charge in [-0.05, 0) is 43.2 Å². The molecule has 1 aliphatic rings. The summed E-state index contributed by atoms with van der Waals surface area (Å²) in [5.41, 5.74) is 2.72. The van der Waals surface area contributed by atoms with Crippen LogP contribution in [-0.4, -0.2) is 43.8 Å². The number of nitro benzene ring substituents is 1.